The molecule has 2 aromatic carbocycles. The van der Waals surface area contributed by atoms with Crippen LogP contribution in [0.15, 0.2) is 59.1 Å². The Balaban J connectivity index is 1.72. The van der Waals surface area contributed by atoms with Crippen LogP contribution in [0.5, 0.6) is 5.75 Å². The first-order chi connectivity index (χ1) is 13.2. The Labute approximate surface area is 157 Å². The molecule has 3 aliphatic rings. The highest BCUT2D eigenvalue weighted by molar-refractivity contribution is 6.25. The lowest BCUT2D eigenvalue weighted by Gasteiger charge is -2.34. The molecule has 4 nitrogen and oxygen atoms in total. The molecule has 0 bridgehead atoms. The number of benzene rings is 2. The normalized spacial score (nSPS) is 23.5. The number of allylic oxidation sites excluding steroid dienone is 1. The summed E-state index contributed by atoms with van der Waals surface area (Å²) in [5.74, 6) is 0.350. The van der Waals surface area contributed by atoms with Gasteiger partial charge in [-0.05, 0) is 30.5 Å². The van der Waals surface area contributed by atoms with Crippen LogP contribution in [-0.2, 0) is 4.79 Å². The van der Waals surface area contributed by atoms with Crippen molar-refractivity contribution in [2.75, 3.05) is 7.11 Å². The number of aliphatic imine (C=N–C) groups is 1. The molecule has 2 aromatic rings. The fourth-order valence-electron chi connectivity index (χ4n) is 4.62. The molecule has 0 aromatic heterocycles. The third-order valence-corrected chi connectivity index (χ3v) is 5.86. The van der Waals surface area contributed by atoms with Gasteiger partial charge in [0.25, 0.3) is 0 Å². The number of hydrogen-bond donors (Lipinski definition) is 0. The lowest BCUT2D eigenvalue weighted by molar-refractivity contribution is -0.121. The molecule has 1 heterocycles. The standard InChI is InChI=1S/C23H19NO3/c1-27-14-11-9-13(10-12-14)19-20-17(7-4-8-18(20)25)24-22-15-5-2-3-6-16(15)23(26)21(19)22/h2-3,5-6,9-12,19-20H,4,7-8H2,1H3/t19-,20-/m0/s1. The Morgan fingerprint density at radius 2 is 1.67 bits per heavy atom. The molecule has 4 heteroatoms. The summed E-state index contributed by atoms with van der Waals surface area (Å²) in [4.78, 5) is 31.0. The van der Waals surface area contributed by atoms with E-state index in [1.165, 1.54) is 0 Å². The van der Waals surface area contributed by atoms with Crippen molar-refractivity contribution >= 4 is 23.0 Å². The second kappa shape index (κ2) is 6.02. The maximum Gasteiger partial charge on any atom is 0.192 e. The topological polar surface area (TPSA) is 55.7 Å². The van der Waals surface area contributed by atoms with Crippen molar-refractivity contribution in [3.63, 3.8) is 0 Å². The average Bonchev–Trinajstić information content (AvgIpc) is 2.99. The predicted molar refractivity (Wildman–Crippen MR) is 103 cm³/mol. The number of ketones is 2. The lowest BCUT2D eigenvalue weighted by Crippen LogP contribution is -2.37. The first kappa shape index (κ1) is 16.2. The van der Waals surface area contributed by atoms with Crippen molar-refractivity contribution in [3.8, 4) is 5.75 Å². The van der Waals surface area contributed by atoms with Crippen LogP contribution in [0.1, 0.15) is 46.7 Å². The Hall–Kier alpha value is -3.01. The van der Waals surface area contributed by atoms with Crippen LogP contribution < -0.4 is 4.74 Å². The fourth-order valence-corrected chi connectivity index (χ4v) is 4.62. The van der Waals surface area contributed by atoms with E-state index in [1.807, 2.05) is 48.5 Å². The molecular weight excluding hydrogens is 338 g/mol. The van der Waals surface area contributed by atoms with Gasteiger partial charge < -0.3 is 4.74 Å². The van der Waals surface area contributed by atoms with E-state index >= 15 is 0 Å². The van der Waals surface area contributed by atoms with Gasteiger partial charge in [0.15, 0.2) is 5.78 Å². The largest absolute Gasteiger partial charge is 0.497 e. The number of nitrogens with zero attached hydrogens (tertiary/aromatic N) is 1. The number of ether oxygens (including phenoxy) is 1. The Morgan fingerprint density at radius 3 is 2.41 bits per heavy atom. The van der Waals surface area contributed by atoms with Gasteiger partial charge in [0.05, 0.1) is 18.7 Å². The van der Waals surface area contributed by atoms with Crippen molar-refractivity contribution in [2.24, 2.45) is 10.9 Å². The zero-order chi connectivity index (χ0) is 18.5. The molecule has 0 N–H and O–H groups in total. The summed E-state index contributed by atoms with van der Waals surface area (Å²) in [6.07, 6.45) is 2.21. The second-order valence-corrected chi connectivity index (χ2v) is 7.29. The zero-order valence-corrected chi connectivity index (χ0v) is 15.1. The quantitative estimate of drug-likeness (QED) is 0.809. The molecule has 5 rings (SSSR count). The minimum Gasteiger partial charge on any atom is -0.497 e. The monoisotopic (exact) mass is 357 g/mol. The smallest absolute Gasteiger partial charge is 0.192 e. The van der Waals surface area contributed by atoms with E-state index in [9.17, 15) is 9.59 Å². The molecule has 2 aliphatic carbocycles. The third kappa shape index (κ3) is 2.33. The Kier molecular flexibility index (Phi) is 3.61. The van der Waals surface area contributed by atoms with Gasteiger partial charge in [0.1, 0.15) is 11.5 Å². The highest BCUT2D eigenvalue weighted by Crippen LogP contribution is 2.49. The van der Waals surface area contributed by atoms with E-state index < -0.39 is 0 Å². The van der Waals surface area contributed by atoms with E-state index in [2.05, 4.69) is 0 Å². The first-order valence-corrected chi connectivity index (χ1v) is 9.31. The second-order valence-electron chi connectivity index (χ2n) is 7.29. The van der Waals surface area contributed by atoms with Crippen LogP contribution in [0.4, 0.5) is 0 Å². The summed E-state index contributed by atoms with van der Waals surface area (Å²) in [5, 5.41) is 0. The number of rotatable bonds is 2. The summed E-state index contributed by atoms with van der Waals surface area (Å²) in [7, 11) is 1.63. The predicted octanol–water partition coefficient (Wildman–Crippen LogP) is 4.21. The fraction of sp³-hybridized carbons (Fsp3) is 0.261. The SMILES string of the molecule is COc1ccc([C@@H]2C3=C(N=C4CCCC(=O)[C@H]42)c2ccccc2C3=O)cc1. The molecule has 0 unspecified atom stereocenters. The van der Waals surface area contributed by atoms with Crippen LogP contribution in [-0.4, -0.2) is 24.4 Å². The van der Waals surface area contributed by atoms with Crippen LogP contribution in [0.2, 0.25) is 0 Å². The van der Waals surface area contributed by atoms with Crippen molar-refractivity contribution < 1.29 is 14.3 Å². The number of methoxy groups -OCH3 is 1. The van der Waals surface area contributed by atoms with E-state index in [0.29, 0.717) is 17.6 Å². The van der Waals surface area contributed by atoms with Crippen molar-refractivity contribution in [2.45, 2.75) is 25.2 Å². The number of fused-ring (bicyclic) bond motifs is 3. The lowest BCUT2D eigenvalue weighted by atomic mass is 9.69. The van der Waals surface area contributed by atoms with Gasteiger partial charge >= 0.3 is 0 Å². The summed E-state index contributed by atoms with van der Waals surface area (Å²) in [6.45, 7) is 0. The number of hydrogen-bond acceptors (Lipinski definition) is 4. The Bertz CT molecular complexity index is 1030. The molecule has 0 spiro atoms. The summed E-state index contributed by atoms with van der Waals surface area (Å²) >= 11 is 0. The molecule has 1 saturated carbocycles. The van der Waals surface area contributed by atoms with Gasteiger partial charge in [-0.1, -0.05) is 36.4 Å². The molecule has 27 heavy (non-hydrogen) atoms. The molecule has 2 atom stereocenters. The van der Waals surface area contributed by atoms with Crippen molar-refractivity contribution in [1.29, 1.82) is 0 Å². The van der Waals surface area contributed by atoms with Gasteiger partial charge in [-0.25, -0.2) is 0 Å². The molecule has 0 radical (unpaired) electrons. The number of carbonyl (C=O) groups is 2. The molecule has 1 aliphatic heterocycles. The highest BCUT2D eigenvalue weighted by atomic mass is 16.5. The van der Waals surface area contributed by atoms with Gasteiger partial charge in [0, 0.05) is 34.8 Å². The van der Waals surface area contributed by atoms with Crippen molar-refractivity contribution in [1.82, 2.24) is 0 Å². The Morgan fingerprint density at radius 1 is 0.926 bits per heavy atom. The van der Waals surface area contributed by atoms with Crippen LogP contribution >= 0.6 is 0 Å². The molecular formula is C23H19NO3. The average molecular weight is 357 g/mol. The number of Topliss-reactive ketones (excluding diaryl/α,β-unsaturated/α-hetero) is 2. The first-order valence-electron chi connectivity index (χ1n) is 9.31. The maximum absolute atomic E-state index is 13.3. The molecule has 1 fully saturated rings. The van der Waals surface area contributed by atoms with E-state index in [4.69, 9.17) is 9.73 Å². The zero-order valence-electron chi connectivity index (χ0n) is 15.1. The summed E-state index contributed by atoms with van der Waals surface area (Å²) in [5.41, 5.74) is 4.91. The summed E-state index contributed by atoms with van der Waals surface area (Å²) < 4.78 is 5.27. The van der Waals surface area contributed by atoms with Gasteiger partial charge in [0.2, 0.25) is 0 Å². The molecule has 134 valence electrons. The van der Waals surface area contributed by atoms with E-state index in [0.717, 1.165) is 41.1 Å². The van der Waals surface area contributed by atoms with Gasteiger partial charge in [-0.15, -0.1) is 0 Å². The van der Waals surface area contributed by atoms with Crippen LogP contribution in [0.3, 0.4) is 0 Å². The van der Waals surface area contributed by atoms with Gasteiger partial charge in [-0.2, -0.15) is 0 Å². The third-order valence-electron chi connectivity index (χ3n) is 5.86. The van der Waals surface area contributed by atoms with E-state index in [-0.39, 0.29) is 23.4 Å². The van der Waals surface area contributed by atoms with E-state index in [1.54, 1.807) is 7.11 Å². The van der Waals surface area contributed by atoms with Gasteiger partial charge in [-0.3, -0.25) is 14.6 Å². The molecule has 0 saturated heterocycles. The van der Waals surface area contributed by atoms with Crippen LogP contribution in [0, 0.1) is 5.92 Å². The van der Waals surface area contributed by atoms with Crippen molar-refractivity contribution in [3.05, 3.63) is 70.8 Å². The highest BCUT2D eigenvalue weighted by Gasteiger charge is 2.46. The molecule has 0 amide bonds. The maximum atomic E-state index is 13.3. The number of carbonyl (C=O) groups excluding carboxylic acids is 2. The van der Waals surface area contributed by atoms with Crippen LogP contribution in [0.25, 0.3) is 5.70 Å². The minimum absolute atomic E-state index is 0.00240. The summed E-state index contributed by atoms with van der Waals surface area (Å²) in [6, 6.07) is 15.3. The minimum atomic E-state index is -0.329.